The quantitative estimate of drug-likeness (QED) is 0.500. The normalized spacial score (nSPS) is 12.0. The molecule has 0 bridgehead atoms. The Kier molecular flexibility index (Phi) is 4.67. The first-order valence-corrected chi connectivity index (χ1v) is 9.86. The number of hydrogen-bond acceptors (Lipinski definition) is 6. The van der Waals surface area contributed by atoms with Crippen LogP contribution in [0.2, 0.25) is 0 Å². The van der Waals surface area contributed by atoms with Gasteiger partial charge in [-0.2, -0.15) is 9.78 Å². The monoisotopic (exact) mass is 427 g/mol. The van der Waals surface area contributed by atoms with Gasteiger partial charge in [-0.25, -0.2) is 0 Å². The lowest BCUT2D eigenvalue weighted by Crippen LogP contribution is -2.26. The molecule has 32 heavy (non-hydrogen) atoms. The van der Waals surface area contributed by atoms with Crippen molar-refractivity contribution >= 4 is 28.2 Å². The van der Waals surface area contributed by atoms with Crippen molar-refractivity contribution in [1.29, 1.82) is 0 Å². The molecule has 1 aromatic heterocycles. The van der Waals surface area contributed by atoms with E-state index >= 15 is 0 Å². The van der Waals surface area contributed by atoms with Crippen LogP contribution in [0.5, 0.6) is 11.5 Å². The van der Waals surface area contributed by atoms with Gasteiger partial charge in [0.15, 0.2) is 23.0 Å². The SMILES string of the molecule is CC(=O)c1cc2c(cc1NC(=O)c1nn(-c3ccccc3)c(=O)c3ccccc13)OCO2. The average Bonchev–Trinajstić information content (AvgIpc) is 3.27. The molecular formula is C24H17N3O5. The van der Waals surface area contributed by atoms with Crippen molar-refractivity contribution in [3.05, 3.63) is 88.3 Å². The predicted molar refractivity (Wildman–Crippen MR) is 118 cm³/mol. The van der Waals surface area contributed by atoms with E-state index in [0.29, 0.717) is 28.0 Å². The second-order valence-corrected chi connectivity index (χ2v) is 7.21. The Bertz CT molecular complexity index is 1440. The van der Waals surface area contributed by atoms with E-state index in [2.05, 4.69) is 10.4 Å². The highest BCUT2D eigenvalue weighted by molar-refractivity contribution is 6.13. The maximum Gasteiger partial charge on any atom is 0.279 e. The summed E-state index contributed by atoms with van der Waals surface area (Å²) >= 11 is 0. The summed E-state index contributed by atoms with van der Waals surface area (Å²) in [6, 6.07) is 18.7. The van der Waals surface area contributed by atoms with E-state index in [9.17, 15) is 14.4 Å². The highest BCUT2D eigenvalue weighted by Crippen LogP contribution is 2.37. The molecule has 5 rings (SSSR count). The smallest absolute Gasteiger partial charge is 0.279 e. The number of Topliss-reactive ketones (excluding diaryl/α,β-unsaturated/α-hetero) is 1. The summed E-state index contributed by atoms with van der Waals surface area (Å²) in [5.41, 5.74) is 0.801. The average molecular weight is 427 g/mol. The molecule has 3 aromatic carbocycles. The van der Waals surface area contributed by atoms with E-state index < -0.39 is 5.91 Å². The topological polar surface area (TPSA) is 99.5 Å². The first-order valence-electron chi connectivity index (χ1n) is 9.86. The van der Waals surface area contributed by atoms with Gasteiger partial charge in [0.2, 0.25) is 6.79 Å². The van der Waals surface area contributed by atoms with Crippen molar-refractivity contribution in [3.63, 3.8) is 0 Å². The zero-order valence-electron chi connectivity index (χ0n) is 17.0. The van der Waals surface area contributed by atoms with Crippen LogP contribution in [0.4, 0.5) is 5.69 Å². The number of ketones is 1. The van der Waals surface area contributed by atoms with Crippen molar-refractivity contribution in [3.8, 4) is 17.2 Å². The van der Waals surface area contributed by atoms with Gasteiger partial charge in [-0.15, -0.1) is 0 Å². The molecule has 1 amide bonds. The second-order valence-electron chi connectivity index (χ2n) is 7.21. The Balaban J connectivity index is 1.64. The van der Waals surface area contributed by atoms with E-state index in [1.807, 2.05) is 6.07 Å². The molecule has 0 unspecified atom stereocenters. The van der Waals surface area contributed by atoms with Crippen LogP contribution in [-0.4, -0.2) is 28.3 Å². The number of nitrogens with zero attached hydrogens (tertiary/aromatic N) is 2. The lowest BCUT2D eigenvalue weighted by atomic mass is 10.1. The van der Waals surface area contributed by atoms with Gasteiger partial charge in [0.1, 0.15) is 0 Å². The van der Waals surface area contributed by atoms with Crippen LogP contribution < -0.4 is 20.3 Å². The molecule has 1 aliphatic rings. The van der Waals surface area contributed by atoms with E-state index in [4.69, 9.17) is 9.47 Å². The van der Waals surface area contributed by atoms with Gasteiger partial charge in [-0.1, -0.05) is 36.4 Å². The van der Waals surface area contributed by atoms with E-state index in [0.717, 1.165) is 0 Å². The molecule has 2 heterocycles. The summed E-state index contributed by atoms with van der Waals surface area (Å²) in [6.45, 7) is 1.44. The summed E-state index contributed by atoms with van der Waals surface area (Å²) < 4.78 is 11.9. The number of carbonyl (C=O) groups excluding carboxylic acids is 2. The zero-order valence-corrected chi connectivity index (χ0v) is 17.0. The minimum absolute atomic E-state index is 0.0400. The summed E-state index contributed by atoms with van der Waals surface area (Å²) in [6.07, 6.45) is 0. The number of amides is 1. The molecule has 4 aromatic rings. The number of anilines is 1. The number of nitrogens with one attached hydrogen (secondary N) is 1. The maximum absolute atomic E-state index is 13.3. The zero-order chi connectivity index (χ0) is 22.2. The van der Waals surface area contributed by atoms with Gasteiger partial charge in [0.25, 0.3) is 11.5 Å². The number of hydrogen-bond donors (Lipinski definition) is 1. The van der Waals surface area contributed by atoms with E-state index in [1.165, 1.54) is 17.7 Å². The molecular weight excluding hydrogens is 410 g/mol. The lowest BCUT2D eigenvalue weighted by molar-refractivity contribution is 0.101. The molecule has 0 saturated carbocycles. The minimum Gasteiger partial charge on any atom is -0.454 e. The summed E-state index contributed by atoms with van der Waals surface area (Å²) in [5.74, 6) is 0.0599. The number of aromatic nitrogens is 2. The van der Waals surface area contributed by atoms with Crippen LogP contribution in [0.3, 0.4) is 0 Å². The first-order chi connectivity index (χ1) is 15.5. The fourth-order valence-electron chi connectivity index (χ4n) is 3.62. The predicted octanol–water partition coefficient (Wildman–Crippen LogP) is 3.57. The van der Waals surface area contributed by atoms with Crippen LogP contribution in [-0.2, 0) is 0 Å². The Morgan fingerprint density at radius 2 is 1.59 bits per heavy atom. The van der Waals surface area contributed by atoms with Crippen molar-refractivity contribution in [1.82, 2.24) is 9.78 Å². The van der Waals surface area contributed by atoms with Crippen LogP contribution in [0.15, 0.2) is 71.5 Å². The van der Waals surface area contributed by atoms with Gasteiger partial charge in [-0.3, -0.25) is 14.4 Å². The molecule has 0 aliphatic carbocycles. The van der Waals surface area contributed by atoms with Gasteiger partial charge in [-0.05, 0) is 31.2 Å². The number of fused-ring (bicyclic) bond motifs is 2. The van der Waals surface area contributed by atoms with Crippen LogP contribution >= 0.6 is 0 Å². The number of benzene rings is 3. The van der Waals surface area contributed by atoms with Crippen molar-refractivity contribution < 1.29 is 19.1 Å². The van der Waals surface area contributed by atoms with Gasteiger partial charge >= 0.3 is 0 Å². The standard InChI is InChI=1S/C24H17N3O5/c1-14(28)18-11-20-21(32-13-31-20)12-19(18)25-23(29)22-16-9-5-6-10-17(16)24(30)27(26-22)15-7-3-2-4-8-15/h2-12H,13H2,1H3,(H,25,29). The number of rotatable bonds is 4. The number of carbonyl (C=O) groups is 2. The van der Waals surface area contributed by atoms with Gasteiger partial charge in [0.05, 0.1) is 16.8 Å². The molecule has 0 spiro atoms. The third-order valence-electron chi connectivity index (χ3n) is 5.16. The minimum atomic E-state index is -0.563. The highest BCUT2D eigenvalue weighted by atomic mass is 16.7. The first kappa shape index (κ1) is 19.5. The van der Waals surface area contributed by atoms with Crippen LogP contribution in [0, 0.1) is 0 Å². The molecule has 0 atom stereocenters. The Morgan fingerprint density at radius 1 is 0.938 bits per heavy atom. The van der Waals surface area contributed by atoms with Crippen LogP contribution in [0.25, 0.3) is 16.5 Å². The molecule has 1 N–H and O–H groups in total. The third kappa shape index (κ3) is 3.27. The maximum atomic E-state index is 13.3. The molecule has 1 aliphatic heterocycles. The summed E-state index contributed by atoms with van der Waals surface area (Å²) in [4.78, 5) is 38.5. The number of ether oxygens (including phenoxy) is 2. The Hall–Kier alpha value is -4.46. The largest absolute Gasteiger partial charge is 0.454 e. The van der Waals surface area contributed by atoms with Crippen molar-refractivity contribution in [2.75, 3.05) is 12.1 Å². The fourth-order valence-corrected chi connectivity index (χ4v) is 3.62. The highest BCUT2D eigenvalue weighted by Gasteiger charge is 2.23. The summed E-state index contributed by atoms with van der Waals surface area (Å²) in [5, 5.41) is 7.89. The third-order valence-corrected chi connectivity index (χ3v) is 5.16. The van der Waals surface area contributed by atoms with E-state index in [1.54, 1.807) is 54.6 Å². The van der Waals surface area contributed by atoms with E-state index in [-0.39, 0.29) is 35.1 Å². The Morgan fingerprint density at radius 3 is 2.31 bits per heavy atom. The molecule has 158 valence electrons. The summed E-state index contributed by atoms with van der Waals surface area (Å²) in [7, 11) is 0. The van der Waals surface area contributed by atoms with Crippen LogP contribution in [0.1, 0.15) is 27.8 Å². The molecule has 8 heteroatoms. The Labute approximate surface area is 182 Å². The number of para-hydroxylation sites is 1. The molecule has 0 saturated heterocycles. The lowest BCUT2D eigenvalue weighted by Gasteiger charge is -2.13. The molecule has 0 radical (unpaired) electrons. The van der Waals surface area contributed by atoms with Crippen molar-refractivity contribution in [2.24, 2.45) is 0 Å². The molecule has 8 nitrogen and oxygen atoms in total. The molecule has 0 fully saturated rings. The van der Waals surface area contributed by atoms with Crippen molar-refractivity contribution in [2.45, 2.75) is 6.92 Å². The second kappa shape index (κ2) is 7.66. The fraction of sp³-hybridized carbons (Fsp3) is 0.0833. The van der Waals surface area contributed by atoms with Gasteiger partial charge < -0.3 is 14.8 Å². The van der Waals surface area contributed by atoms with Gasteiger partial charge in [0, 0.05) is 17.0 Å².